The van der Waals surface area contributed by atoms with Gasteiger partial charge >= 0.3 is 0 Å². The largest absolute Gasteiger partial charge is 0.494 e. The fourth-order valence-corrected chi connectivity index (χ4v) is 3.08. The Bertz CT molecular complexity index is 620. The molecule has 0 spiro atoms. The van der Waals surface area contributed by atoms with E-state index in [9.17, 15) is 4.79 Å². The van der Waals surface area contributed by atoms with E-state index in [4.69, 9.17) is 9.47 Å². The highest BCUT2D eigenvalue weighted by atomic mass is 32.1. The zero-order valence-electron chi connectivity index (χ0n) is 11.2. The van der Waals surface area contributed by atoms with Crippen LogP contribution in [0.2, 0.25) is 0 Å². The van der Waals surface area contributed by atoms with E-state index >= 15 is 0 Å². The van der Waals surface area contributed by atoms with E-state index in [1.54, 1.807) is 0 Å². The summed E-state index contributed by atoms with van der Waals surface area (Å²) in [4.78, 5) is 16.4. The number of anilines is 1. The third-order valence-electron chi connectivity index (χ3n) is 3.12. The van der Waals surface area contributed by atoms with Crippen molar-refractivity contribution in [2.75, 3.05) is 18.5 Å². The number of aromatic nitrogens is 1. The Hall–Kier alpha value is -1.66. The molecule has 0 bridgehead atoms. The molecule has 1 unspecified atom stereocenters. The number of carbonyl (C=O) groups excluding carboxylic acids is 1. The topological polar surface area (TPSA) is 60.5 Å². The molecule has 3 rings (SSSR count). The van der Waals surface area contributed by atoms with E-state index in [0.717, 1.165) is 28.8 Å². The lowest BCUT2D eigenvalue weighted by atomic mass is 10.2. The maximum atomic E-state index is 12.0. The van der Waals surface area contributed by atoms with E-state index in [2.05, 4.69) is 10.3 Å². The Labute approximate surface area is 120 Å². The summed E-state index contributed by atoms with van der Waals surface area (Å²) in [5.74, 6) is 0.715. The number of hydrogen-bond acceptors (Lipinski definition) is 5. The van der Waals surface area contributed by atoms with Gasteiger partial charge in [0, 0.05) is 6.61 Å². The number of rotatable bonds is 4. The van der Waals surface area contributed by atoms with Gasteiger partial charge in [-0.3, -0.25) is 10.1 Å². The van der Waals surface area contributed by atoms with Crippen LogP contribution in [0.15, 0.2) is 18.2 Å². The fourth-order valence-electron chi connectivity index (χ4n) is 2.19. The van der Waals surface area contributed by atoms with Crippen molar-refractivity contribution < 1.29 is 14.3 Å². The normalized spacial score (nSPS) is 18.4. The summed E-state index contributed by atoms with van der Waals surface area (Å²) in [7, 11) is 0. The molecule has 1 aliphatic heterocycles. The summed E-state index contributed by atoms with van der Waals surface area (Å²) in [5.41, 5.74) is 0.862. The standard InChI is InChI=1S/C14H16N2O3S/c1-2-18-9-5-6-10-12(8-9)20-14(15-10)16-13(17)11-4-3-7-19-11/h5-6,8,11H,2-4,7H2,1H3,(H,15,16,17). The molecule has 1 amide bonds. The number of hydrogen-bond donors (Lipinski definition) is 1. The first-order chi connectivity index (χ1) is 9.76. The number of thiazole rings is 1. The molecule has 1 aromatic carbocycles. The average Bonchev–Trinajstić information content (AvgIpc) is 3.06. The second kappa shape index (κ2) is 5.76. The van der Waals surface area contributed by atoms with Crippen LogP contribution in [-0.2, 0) is 9.53 Å². The van der Waals surface area contributed by atoms with Crippen LogP contribution in [0.1, 0.15) is 19.8 Å². The Kier molecular flexibility index (Phi) is 3.84. The molecular formula is C14H16N2O3S. The summed E-state index contributed by atoms with van der Waals surface area (Å²) in [6.45, 7) is 3.24. The van der Waals surface area contributed by atoms with Crippen molar-refractivity contribution in [3.63, 3.8) is 0 Å². The van der Waals surface area contributed by atoms with Crippen LogP contribution in [0, 0.1) is 0 Å². The van der Waals surface area contributed by atoms with E-state index in [1.165, 1.54) is 11.3 Å². The predicted molar refractivity (Wildman–Crippen MR) is 78.4 cm³/mol. The van der Waals surface area contributed by atoms with Crippen LogP contribution in [0.25, 0.3) is 10.2 Å². The monoisotopic (exact) mass is 292 g/mol. The number of nitrogens with zero attached hydrogens (tertiary/aromatic N) is 1. The molecule has 0 aliphatic carbocycles. The molecule has 1 aromatic heterocycles. The van der Waals surface area contributed by atoms with Crippen molar-refractivity contribution in [2.24, 2.45) is 0 Å². The Morgan fingerprint density at radius 1 is 1.60 bits per heavy atom. The molecule has 0 saturated carbocycles. The lowest BCUT2D eigenvalue weighted by Gasteiger charge is -2.07. The molecule has 2 aromatic rings. The van der Waals surface area contributed by atoms with E-state index < -0.39 is 0 Å². The molecule has 1 N–H and O–H groups in total. The first-order valence-corrected chi connectivity index (χ1v) is 7.54. The smallest absolute Gasteiger partial charge is 0.255 e. The molecule has 20 heavy (non-hydrogen) atoms. The number of fused-ring (bicyclic) bond motifs is 1. The van der Waals surface area contributed by atoms with Gasteiger partial charge < -0.3 is 9.47 Å². The highest BCUT2D eigenvalue weighted by Gasteiger charge is 2.24. The van der Waals surface area contributed by atoms with Crippen LogP contribution < -0.4 is 10.1 Å². The van der Waals surface area contributed by atoms with Gasteiger partial charge in [0.05, 0.1) is 16.8 Å². The average molecular weight is 292 g/mol. The second-order valence-corrected chi connectivity index (χ2v) is 5.60. The fraction of sp³-hybridized carbons (Fsp3) is 0.429. The molecule has 1 fully saturated rings. The molecule has 1 aliphatic rings. The molecule has 5 nitrogen and oxygen atoms in total. The van der Waals surface area contributed by atoms with E-state index in [-0.39, 0.29) is 12.0 Å². The van der Waals surface area contributed by atoms with Gasteiger partial charge in [-0.1, -0.05) is 11.3 Å². The van der Waals surface area contributed by atoms with Crippen molar-refractivity contribution in [3.8, 4) is 5.75 Å². The minimum absolute atomic E-state index is 0.105. The summed E-state index contributed by atoms with van der Waals surface area (Å²) >= 11 is 1.45. The quantitative estimate of drug-likeness (QED) is 0.941. The highest BCUT2D eigenvalue weighted by Crippen LogP contribution is 2.29. The summed E-state index contributed by atoms with van der Waals surface area (Å²) < 4.78 is 11.8. The first kappa shape index (κ1) is 13.3. The van der Waals surface area contributed by atoms with Crippen molar-refractivity contribution in [3.05, 3.63) is 18.2 Å². The Balaban J connectivity index is 1.76. The van der Waals surface area contributed by atoms with Gasteiger partial charge in [0.2, 0.25) is 0 Å². The van der Waals surface area contributed by atoms with Gasteiger partial charge in [0.25, 0.3) is 5.91 Å². The number of benzene rings is 1. The maximum absolute atomic E-state index is 12.0. The lowest BCUT2D eigenvalue weighted by Crippen LogP contribution is -2.26. The molecule has 106 valence electrons. The Morgan fingerprint density at radius 2 is 2.50 bits per heavy atom. The van der Waals surface area contributed by atoms with Crippen molar-refractivity contribution >= 4 is 32.6 Å². The van der Waals surface area contributed by atoms with Gasteiger partial charge in [-0.25, -0.2) is 4.98 Å². The van der Waals surface area contributed by atoms with E-state index in [0.29, 0.717) is 18.3 Å². The van der Waals surface area contributed by atoms with Gasteiger partial charge in [-0.2, -0.15) is 0 Å². The highest BCUT2D eigenvalue weighted by molar-refractivity contribution is 7.22. The van der Waals surface area contributed by atoms with Crippen LogP contribution >= 0.6 is 11.3 Å². The van der Waals surface area contributed by atoms with Crippen molar-refractivity contribution in [1.29, 1.82) is 0 Å². The van der Waals surface area contributed by atoms with Crippen LogP contribution in [0.3, 0.4) is 0 Å². The van der Waals surface area contributed by atoms with Gasteiger partial charge in [0.15, 0.2) is 5.13 Å². The van der Waals surface area contributed by atoms with Gasteiger partial charge in [0.1, 0.15) is 11.9 Å². The second-order valence-electron chi connectivity index (χ2n) is 4.57. The first-order valence-electron chi connectivity index (χ1n) is 6.72. The molecule has 6 heteroatoms. The summed E-state index contributed by atoms with van der Waals surface area (Å²) in [5, 5.41) is 3.43. The van der Waals surface area contributed by atoms with Gasteiger partial charge in [-0.15, -0.1) is 0 Å². The molecule has 0 radical (unpaired) electrons. The van der Waals surface area contributed by atoms with Gasteiger partial charge in [-0.05, 0) is 38.0 Å². The predicted octanol–water partition coefficient (Wildman–Crippen LogP) is 2.81. The number of nitrogens with one attached hydrogen (secondary N) is 1. The number of ether oxygens (including phenoxy) is 2. The molecular weight excluding hydrogens is 276 g/mol. The zero-order valence-corrected chi connectivity index (χ0v) is 12.0. The SMILES string of the molecule is CCOc1ccc2nc(NC(=O)C3CCCO3)sc2c1. The molecule has 1 atom stereocenters. The van der Waals surface area contributed by atoms with Crippen molar-refractivity contribution in [1.82, 2.24) is 4.98 Å². The van der Waals surface area contributed by atoms with Crippen molar-refractivity contribution in [2.45, 2.75) is 25.9 Å². The number of amides is 1. The molecule has 1 saturated heterocycles. The third kappa shape index (κ3) is 2.76. The Morgan fingerprint density at radius 3 is 3.25 bits per heavy atom. The minimum atomic E-state index is -0.332. The zero-order chi connectivity index (χ0) is 13.9. The minimum Gasteiger partial charge on any atom is -0.494 e. The number of carbonyl (C=O) groups is 1. The lowest BCUT2D eigenvalue weighted by molar-refractivity contribution is -0.124. The third-order valence-corrected chi connectivity index (χ3v) is 4.06. The van der Waals surface area contributed by atoms with Crippen LogP contribution in [-0.4, -0.2) is 30.2 Å². The van der Waals surface area contributed by atoms with E-state index in [1.807, 2.05) is 25.1 Å². The maximum Gasteiger partial charge on any atom is 0.255 e. The summed E-state index contributed by atoms with van der Waals surface area (Å²) in [6.07, 6.45) is 1.39. The van der Waals surface area contributed by atoms with Crippen LogP contribution in [0.4, 0.5) is 5.13 Å². The van der Waals surface area contributed by atoms with Crippen LogP contribution in [0.5, 0.6) is 5.75 Å². The summed E-state index contributed by atoms with van der Waals surface area (Å²) in [6, 6.07) is 5.73. The molecule has 2 heterocycles.